The van der Waals surface area contributed by atoms with E-state index in [1.54, 1.807) is 26.3 Å². The third-order valence-electron chi connectivity index (χ3n) is 2.84. The number of carbonyl (C=O) groups excluding carboxylic acids is 1. The van der Waals surface area contributed by atoms with E-state index in [9.17, 15) is 9.59 Å². The van der Waals surface area contributed by atoms with E-state index in [4.69, 9.17) is 9.84 Å². The SMILES string of the molecule is COCC(C)N(C)C(=O)Nc1ccc(Br)cc1C(=O)O. The number of anilines is 1. The van der Waals surface area contributed by atoms with Crippen LogP contribution in [0.2, 0.25) is 0 Å². The summed E-state index contributed by atoms with van der Waals surface area (Å²) in [6.07, 6.45) is 0. The molecule has 0 fully saturated rings. The first-order valence-corrected chi connectivity index (χ1v) is 6.71. The van der Waals surface area contributed by atoms with Crippen molar-refractivity contribution in [3.63, 3.8) is 0 Å². The van der Waals surface area contributed by atoms with Gasteiger partial charge in [-0.3, -0.25) is 0 Å². The lowest BCUT2D eigenvalue weighted by Gasteiger charge is -2.24. The number of ether oxygens (including phenoxy) is 1. The highest BCUT2D eigenvalue weighted by molar-refractivity contribution is 9.10. The van der Waals surface area contributed by atoms with E-state index in [1.165, 1.54) is 11.0 Å². The number of carboxylic acids is 1. The van der Waals surface area contributed by atoms with Crippen LogP contribution in [0.4, 0.5) is 10.5 Å². The van der Waals surface area contributed by atoms with Crippen LogP contribution < -0.4 is 5.32 Å². The first kappa shape index (κ1) is 16.5. The van der Waals surface area contributed by atoms with Crippen LogP contribution in [0.25, 0.3) is 0 Å². The summed E-state index contributed by atoms with van der Waals surface area (Å²) in [5, 5.41) is 11.7. The number of hydrogen-bond acceptors (Lipinski definition) is 3. The summed E-state index contributed by atoms with van der Waals surface area (Å²) in [5.41, 5.74) is 0.280. The Hall–Kier alpha value is -1.60. The molecule has 110 valence electrons. The molecule has 0 aliphatic carbocycles. The number of amides is 2. The zero-order chi connectivity index (χ0) is 15.3. The van der Waals surface area contributed by atoms with Crippen LogP contribution in [0.1, 0.15) is 17.3 Å². The Labute approximate surface area is 125 Å². The van der Waals surface area contributed by atoms with Crippen LogP contribution in [0, 0.1) is 0 Å². The van der Waals surface area contributed by atoms with E-state index in [0.29, 0.717) is 11.1 Å². The molecular weight excluding hydrogens is 328 g/mol. The zero-order valence-electron chi connectivity index (χ0n) is 11.5. The zero-order valence-corrected chi connectivity index (χ0v) is 13.1. The summed E-state index contributed by atoms with van der Waals surface area (Å²) in [7, 11) is 3.18. The molecule has 0 spiro atoms. The van der Waals surface area contributed by atoms with Crippen LogP contribution in [0.3, 0.4) is 0 Å². The van der Waals surface area contributed by atoms with Gasteiger partial charge >= 0.3 is 12.0 Å². The maximum Gasteiger partial charge on any atom is 0.337 e. The first-order valence-electron chi connectivity index (χ1n) is 5.92. The van der Waals surface area contributed by atoms with Gasteiger partial charge < -0.3 is 20.1 Å². The highest BCUT2D eigenvalue weighted by Crippen LogP contribution is 2.21. The fourth-order valence-electron chi connectivity index (χ4n) is 1.56. The summed E-state index contributed by atoms with van der Waals surface area (Å²) in [4.78, 5) is 24.7. The maximum atomic E-state index is 12.0. The molecule has 0 heterocycles. The normalized spacial score (nSPS) is 11.8. The van der Waals surface area contributed by atoms with Gasteiger partial charge in [-0.05, 0) is 25.1 Å². The quantitative estimate of drug-likeness (QED) is 0.860. The second kappa shape index (κ2) is 7.25. The molecule has 6 nitrogen and oxygen atoms in total. The monoisotopic (exact) mass is 344 g/mol. The largest absolute Gasteiger partial charge is 0.478 e. The molecule has 1 rings (SSSR count). The Morgan fingerprint density at radius 3 is 2.70 bits per heavy atom. The molecule has 1 unspecified atom stereocenters. The van der Waals surface area contributed by atoms with Gasteiger partial charge in [-0.2, -0.15) is 0 Å². The van der Waals surface area contributed by atoms with Crippen LogP contribution in [0.5, 0.6) is 0 Å². The van der Waals surface area contributed by atoms with E-state index < -0.39 is 5.97 Å². The molecule has 0 radical (unpaired) electrons. The van der Waals surface area contributed by atoms with Crippen molar-refractivity contribution in [3.8, 4) is 0 Å². The number of nitrogens with zero attached hydrogens (tertiary/aromatic N) is 1. The Balaban J connectivity index is 2.88. The van der Waals surface area contributed by atoms with Crippen LogP contribution in [-0.4, -0.2) is 48.8 Å². The summed E-state index contributed by atoms with van der Waals surface area (Å²) in [5.74, 6) is -1.10. The number of methoxy groups -OCH3 is 1. The van der Waals surface area contributed by atoms with Gasteiger partial charge in [0.15, 0.2) is 0 Å². The number of carbonyl (C=O) groups is 2. The van der Waals surface area contributed by atoms with Crippen molar-refractivity contribution >= 4 is 33.6 Å². The fraction of sp³-hybridized carbons (Fsp3) is 0.385. The van der Waals surface area contributed by atoms with Crippen LogP contribution >= 0.6 is 15.9 Å². The van der Waals surface area contributed by atoms with Gasteiger partial charge in [-0.25, -0.2) is 9.59 Å². The smallest absolute Gasteiger partial charge is 0.337 e. The number of aromatic carboxylic acids is 1. The van der Waals surface area contributed by atoms with Crippen molar-refractivity contribution in [3.05, 3.63) is 28.2 Å². The Morgan fingerprint density at radius 1 is 1.50 bits per heavy atom. The number of likely N-dealkylation sites (N-methyl/N-ethyl adjacent to an activating group) is 1. The van der Waals surface area contributed by atoms with E-state index in [1.807, 2.05) is 6.92 Å². The van der Waals surface area contributed by atoms with Crippen molar-refractivity contribution in [1.82, 2.24) is 4.90 Å². The van der Waals surface area contributed by atoms with Gasteiger partial charge in [0.2, 0.25) is 0 Å². The predicted octanol–water partition coefficient (Wildman–Crippen LogP) is 2.65. The van der Waals surface area contributed by atoms with Crippen molar-refractivity contribution in [2.75, 3.05) is 26.1 Å². The first-order chi connectivity index (χ1) is 9.36. The number of benzene rings is 1. The van der Waals surface area contributed by atoms with Gasteiger partial charge in [0, 0.05) is 18.6 Å². The number of nitrogens with one attached hydrogen (secondary N) is 1. The number of rotatable bonds is 5. The van der Waals surface area contributed by atoms with Gasteiger partial charge in [0.25, 0.3) is 0 Å². The molecule has 0 aliphatic heterocycles. The third-order valence-corrected chi connectivity index (χ3v) is 3.34. The van der Waals surface area contributed by atoms with Gasteiger partial charge in [-0.1, -0.05) is 15.9 Å². The molecule has 2 amide bonds. The summed E-state index contributed by atoms with van der Waals surface area (Å²) < 4.78 is 5.61. The highest BCUT2D eigenvalue weighted by atomic mass is 79.9. The maximum absolute atomic E-state index is 12.0. The lowest BCUT2D eigenvalue weighted by atomic mass is 10.2. The molecule has 0 saturated heterocycles. The van der Waals surface area contributed by atoms with E-state index in [0.717, 1.165) is 0 Å². The topological polar surface area (TPSA) is 78.9 Å². The Bertz CT molecular complexity index is 507. The summed E-state index contributed by atoms with van der Waals surface area (Å²) in [6, 6.07) is 4.14. The molecule has 20 heavy (non-hydrogen) atoms. The predicted molar refractivity (Wildman–Crippen MR) is 79.2 cm³/mol. The minimum atomic E-state index is -1.10. The molecule has 0 saturated carbocycles. The third kappa shape index (κ3) is 4.21. The lowest BCUT2D eigenvalue weighted by molar-refractivity contribution is 0.0698. The Kier molecular flexibility index (Phi) is 5.97. The van der Waals surface area contributed by atoms with Crippen molar-refractivity contribution in [2.45, 2.75) is 13.0 Å². The van der Waals surface area contributed by atoms with Crippen molar-refractivity contribution in [2.24, 2.45) is 0 Å². The number of hydrogen-bond donors (Lipinski definition) is 2. The molecule has 0 aromatic heterocycles. The molecule has 2 N–H and O–H groups in total. The minimum Gasteiger partial charge on any atom is -0.478 e. The Morgan fingerprint density at radius 2 is 2.15 bits per heavy atom. The van der Waals surface area contributed by atoms with Gasteiger partial charge in [0.05, 0.1) is 23.9 Å². The fourth-order valence-corrected chi connectivity index (χ4v) is 1.92. The van der Waals surface area contributed by atoms with Crippen molar-refractivity contribution < 1.29 is 19.4 Å². The summed E-state index contributed by atoms with van der Waals surface area (Å²) in [6.45, 7) is 2.23. The van der Waals surface area contributed by atoms with Crippen LogP contribution in [0.15, 0.2) is 22.7 Å². The van der Waals surface area contributed by atoms with Crippen molar-refractivity contribution in [1.29, 1.82) is 0 Å². The minimum absolute atomic E-state index is 0.0283. The summed E-state index contributed by atoms with van der Waals surface area (Å²) >= 11 is 3.20. The molecule has 1 atom stereocenters. The molecule has 7 heteroatoms. The molecule has 1 aromatic carbocycles. The van der Waals surface area contributed by atoms with Crippen LogP contribution in [-0.2, 0) is 4.74 Å². The molecule has 1 aromatic rings. The van der Waals surface area contributed by atoms with E-state index in [-0.39, 0.29) is 23.3 Å². The standard InChI is InChI=1S/C13H17BrN2O4/c1-8(7-20-3)16(2)13(19)15-11-5-4-9(14)6-10(11)12(17)18/h4-6,8H,7H2,1-3H3,(H,15,19)(H,17,18). The second-order valence-corrected chi connectivity index (χ2v) is 5.26. The molecular formula is C13H17BrN2O4. The van der Waals surface area contributed by atoms with E-state index in [2.05, 4.69) is 21.2 Å². The lowest BCUT2D eigenvalue weighted by Crippen LogP contribution is -2.40. The molecule has 0 aliphatic rings. The average Bonchev–Trinajstić information content (AvgIpc) is 2.39. The molecule has 0 bridgehead atoms. The number of carboxylic acid groups (broad SMARTS) is 1. The number of urea groups is 1. The second-order valence-electron chi connectivity index (χ2n) is 4.34. The van der Waals surface area contributed by atoms with Gasteiger partial charge in [0.1, 0.15) is 0 Å². The van der Waals surface area contributed by atoms with E-state index >= 15 is 0 Å². The highest BCUT2D eigenvalue weighted by Gasteiger charge is 2.18. The number of halogens is 1. The average molecular weight is 345 g/mol. The van der Waals surface area contributed by atoms with Gasteiger partial charge in [-0.15, -0.1) is 0 Å².